The molecule has 0 aliphatic rings. The minimum Gasteiger partial charge on any atom is -0.388 e. The smallest absolute Gasteiger partial charge is 0.132 e. The van der Waals surface area contributed by atoms with Crippen LogP contribution in [-0.4, -0.2) is 41.8 Å². The van der Waals surface area contributed by atoms with Gasteiger partial charge in [0.2, 0.25) is 0 Å². The summed E-state index contributed by atoms with van der Waals surface area (Å²) >= 11 is 1.24. The number of aromatic nitrogens is 2. The monoisotopic (exact) mass is 216 g/mol. The molecule has 0 atom stereocenters. The Balaban J connectivity index is 2.27. The van der Waals surface area contributed by atoms with Gasteiger partial charge in [0.1, 0.15) is 10.7 Å². The molecule has 5 nitrogen and oxygen atoms in total. The third kappa shape index (κ3) is 3.57. The van der Waals surface area contributed by atoms with E-state index in [1.807, 2.05) is 7.05 Å². The first-order valence-corrected chi connectivity index (χ1v) is 5.25. The van der Waals surface area contributed by atoms with Crippen LogP contribution in [0, 0.1) is 0 Å². The Bertz CT molecular complexity index is 266. The van der Waals surface area contributed by atoms with Gasteiger partial charge in [-0.1, -0.05) is 4.49 Å². The molecule has 0 radical (unpaired) electrons. The van der Waals surface area contributed by atoms with Crippen molar-refractivity contribution in [3.63, 3.8) is 0 Å². The molecule has 0 saturated carbocycles. The summed E-state index contributed by atoms with van der Waals surface area (Å²) in [6, 6.07) is 0. The van der Waals surface area contributed by atoms with Crippen LogP contribution in [0.25, 0.3) is 0 Å². The molecule has 0 spiro atoms. The van der Waals surface area contributed by atoms with Crippen LogP contribution in [0.5, 0.6) is 0 Å². The zero-order valence-corrected chi connectivity index (χ0v) is 9.38. The molecule has 0 saturated heterocycles. The highest BCUT2D eigenvalue weighted by Crippen LogP contribution is 2.13. The van der Waals surface area contributed by atoms with E-state index < -0.39 is 0 Å². The van der Waals surface area contributed by atoms with Crippen molar-refractivity contribution >= 4 is 16.5 Å². The van der Waals surface area contributed by atoms with Crippen LogP contribution in [0.2, 0.25) is 0 Å². The molecule has 1 aromatic rings. The van der Waals surface area contributed by atoms with Gasteiger partial charge in [0.25, 0.3) is 0 Å². The highest BCUT2D eigenvalue weighted by Gasteiger charge is 2.06. The number of hydrogen-bond acceptors (Lipinski definition) is 6. The first kappa shape index (κ1) is 11.4. The fraction of sp³-hybridized carbons (Fsp3) is 0.750. The molecule has 1 aromatic heterocycles. The van der Waals surface area contributed by atoms with Gasteiger partial charge in [-0.2, -0.15) is 0 Å². The van der Waals surface area contributed by atoms with E-state index in [9.17, 15) is 0 Å². The lowest BCUT2D eigenvalue weighted by molar-refractivity contribution is 0.178. The number of nitrogens with two attached hydrogens (primary N) is 1. The van der Waals surface area contributed by atoms with Gasteiger partial charge in [-0.3, -0.25) is 0 Å². The summed E-state index contributed by atoms with van der Waals surface area (Å²) in [6.07, 6.45) is 1.02. The molecule has 80 valence electrons. The average molecular weight is 216 g/mol. The maximum atomic E-state index is 5.69. The van der Waals surface area contributed by atoms with E-state index in [1.54, 1.807) is 7.11 Å². The summed E-state index contributed by atoms with van der Waals surface area (Å²) in [5.74, 6) is 0. The number of nitrogens with zero attached hydrogens (tertiary/aromatic N) is 3. The molecule has 1 rings (SSSR count). The van der Waals surface area contributed by atoms with Gasteiger partial charge in [-0.25, -0.2) is 0 Å². The lowest BCUT2D eigenvalue weighted by Gasteiger charge is -2.14. The van der Waals surface area contributed by atoms with Crippen molar-refractivity contribution in [3.8, 4) is 0 Å². The zero-order valence-electron chi connectivity index (χ0n) is 8.56. The Morgan fingerprint density at radius 2 is 2.36 bits per heavy atom. The summed E-state index contributed by atoms with van der Waals surface area (Å²) in [4.78, 5) is 2.16. The predicted molar refractivity (Wildman–Crippen MR) is 57.1 cm³/mol. The van der Waals surface area contributed by atoms with Gasteiger partial charge < -0.3 is 15.4 Å². The van der Waals surface area contributed by atoms with E-state index in [-0.39, 0.29) is 0 Å². The molecular weight excluding hydrogens is 200 g/mol. The van der Waals surface area contributed by atoms with E-state index in [4.69, 9.17) is 10.5 Å². The maximum absolute atomic E-state index is 5.69. The molecule has 14 heavy (non-hydrogen) atoms. The van der Waals surface area contributed by atoms with Crippen molar-refractivity contribution in [2.45, 2.75) is 13.0 Å². The van der Waals surface area contributed by atoms with Gasteiger partial charge >= 0.3 is 0 Å². The molecular formula is C8H16N4OS. The Morgan fingerprint density at radius 1 is 1.57 bits per heavy atom. The Labute approximate surface area is 88.0 Å². The second-order valence-corrected chi connectivity index (χ2v) is 3.95. The largest absolute Gasteiger partial charge is 0.388 e. The zero-order chi connectivity index (χ0) is 10.4. The highest BCUT2D eigenvalue weighted by molar-refractivity contribution is 7.09. The number of anilines is 1. The predicted octanol–water partition coefficient (Wildman–Crippen LogP) is 0.589. The quantitative estimate of drug-likeness (QED) is 0.705. The molecule has 1 heterocycles. The molecule has 0 fully saturated rings. The summed E-state index contributed by atoms with van der Waals surface area (Å²) < 4.78 is 8.76. The number of nitrogen functional groups attached to an aromatic ring is 1. The van der Waals surface area contributed by atoms with Crippen molar-refractivity contribution in [1.82, 2.24) is 14.5 Å². The standard InChI is InChI=1S/C8H16N4OS/c1-12(4-3-5-13-2)6-7-8(9)14-11-10-7/h3-6,9H2,1-2H3. The van der Waals surface area contributed by atoms with E-state index in [1.165, 1.54) is 11.5 Å². The molecule has 0 aliphatic heterocycles. The van der Waals surface area contributed by atoms with E-state index >= 15 is 0 Å². The van der Waals surface area contributed by atoms with Gasteiger partial charge in [0.05, 0.1) is 0 Å². The van der Waals surface area contributed by atoms with Crippen LogP contribution >= 0.6 is 11.5 Å². The first-order chi connectivity index (χ1) is 6.74. The third-order valence-electron chi connectivity index (χ3n) is 1.89. The van der Waals surface area contributed by atoms with Crippen LogP contribution < -0.4 is 5.73 Å². The van der Waals surface area contributed by atoms with Crippen LogP contribution in [0.15, 0.2) is 0 Å². The topological polar surface area (TPSA) is 64.3 Å². The number of hydrogen-bond donors (Lipinski definition) is 1. The van der Waals surface area contributed by atoms with Crippen molar-refractivity contribution in [3.05, 3.63) is 5.69 Å². The molecule has 2 N–H and O–H groups in total. The number of rotatable bonds is 6. The Kier molecular flexibility index (Phi) is 4.78. The van der Waals surface area contributed by atoms with Crippen LogP contribution in [0.3, 0.4) is 0 Å². The fourth-order valence-corrected chi connectivity index (χ4v) is 1.58. The Hall–Kier alpha value is -0.720. The van der Waals surface area contributed by atoms with Crippen molar-refractivity contribution in [1.29, 1.82) is 0 Å². The second kappa shape index (κ2) is 5.90. The van der Waals surface area contributed by atoms with Gasteiger partial charge in [0.15, 0.2) is 0 Å². The molecule has 0 bridgehead atoms. The van der Waals surface area contributed by atoms with E-state index in [0.717, 1.165) is 31.8 Å². The van der Waals surface area contributed by atoms with Crippen molar-refractivity contribution in [2.24, 2.45) is 0 Å². The molecule has 6 heteroatoms. The third-order valence-corrected chi connectivity index (χ3v) is 2.49. The van der Waals surface area contributed by atoms with Crippen LogP contribution in [0.1, 0.15) is 12.1 Å². The lowest BCUT2D eigenvalue weighted by Crippen LogP contribution is -2.20. The van der Waals surface area contributed by atoms with Crippen molar-refractivity contribution in [2.75, 3.05) is 33.0 Å². The number of methoxy groups -OCH3 is 1. The SMILES string of the molecule is COCCCN(C)Cc1nnsc1N. The average Bonchev–Trinajstić information content (AvgIpc) is 2.52. The molecule has 0 aliphatic carbocycles. The summed E-state index contributed by atoms with van der Waals surface area (Å²) in [6.45, 7) is 2.52. The van der Waals surface area contributed by atoms with Crippen LogP contribution in [0.4, 0.5) is 5.00 Å². The first-order valence-electron chi connectivity index (χ1n) is 4.48. The fourth-order valence-electron chi connectivity index (χ4n) is 1.14. The second-order valence-electron chi connectivity index (χ2n) is 3.17. The molecule has 0 amide bonds. The van der Waals surface area contributed by atoms with Crippen molar-refractivity contribution < 1.29 is 4.74 Å². The van der Waals surface area contributed by atoms with Gasteiger partial charge in [-0.15, -0.1) is 5.10 Å². The summed E-state index contributed by atoms with van der Waals surface area (Å²) in [5, 5.41) is 4.67. The minimum atomic E-state index is 0.712. The number of ether oxygens (including phenoxy) is 1. The Morgan fingerprint density at radius 3 is 2.93 bits per heavy atom. The molecule has 0 aromatic carbocycles. The molecule has 0 unspecified atom stereocenters. The van der Waals surface area contributed by atoms with Crippen LogP contribution in [-0.2, 0) is 11.3 Å². The van der Waals surface area contributed by atoms with Gasteiger partial charge in [-0.05, 0) is 13.5 Å². The summed E-state index contributed by atoms with van der Waals surface area (Å²) in [5.41, 5.74) is 6.56. The van der Waals surface area contributed by atoms with E-state index in [2.05, 4.69) is 14.5 Å². The minimum absolute atomic E-state index is 0.712. The van der Waals surface area contributed by atoms with E-state index in [0.29, 0.717) is 5.00 Å². The maximum Gasteiger partial charge on any atom is 0.132 e. The highest BCUT2D eigenvalue weighted by atomic mass is 32.1. The van der Waals surface area contributed by atoms with Gasteiger partial charge in [0, 0.05) is 38.3 Å². The normalized spacial score (nSPS) is 11.1. The lowest BCUT2D eigenvalue weighted by atomic mass is 10.3. The summed E-state index contributed by atoms with van der Waals surface area (Å²) in [7, 11) is 3.75.